The Balaban J connectivity index is 0.00000129. The van der Waals surface area contributed by atoms with Crippen molar-refractivity contribution >= 4 is 39.8 Å². The van der Waals surface area contributed by atoms with Crippen LogP contribution in [0.3, 0.4) is 0 Å². The van der Waals surface area contributed by atoms with E-state index in [4.69, 9.17) is 31.6 Å². The van der Waals surface area contributed by atoms with E-state index >= 15 is 0 Å². The summed E-state index contributed by atoms with van der Waals surface area (Å²) in [4.78, 5) is 30.6. The van der Waals surface area contributed by atoms with E-state index in [0.717, 1.165) is 60.5 Å². The van der Waals surface area contributed by atoms with Gasteiger partial charge in [0.25, 0.3) is 5.91 Å². The van der Waals surface area contributed by atoms with E-state index in [2.05, 4.69) is 35.1 Å². The lowest BCUT2D eigenvalue weighted by Crippen LogP contribution is -2.49. The summed E-state index contributed by atoms with van der Waals surface area (Å²) in [6, 6.07) is 11.1. The normalized spacial score (nSPS) is 21.6. The number of nitrogens with zero attached hydrogens (tertiary/aromatic N) is 7. The highest BCUT2D eigenvalue weighted by molar-refractivity contribution is 6.36. The fraction of sp³-hybridized carbons (Fsp3) is 0.500. The van der Waals surface area contributed by atoms with Gasteiger partial charge in [-0.05, 0) is 55.2 Å². The molecule has 254 valence electrons. The highest BCUT2D eigenvalue weighted by Crippen LogP contribution is 2.47. The minimum absolute atomic E-state index is 0.0144. The molecule has 1 aromatic heterocycles. The molecule has 12 heteroatoms. The van der Waals surface area contributed by atoms with Gasteiger partial charge in [-0.3, -0.25) is 9.69 Å². The van der Waals surface area contributed by atoms with Crippen LogP contribution in [0.25, 0.3) is 10.8 Å². The molecule has 1 atom stereocenters. The summed E-state index contributed by atoms with van der Waals surface area (Å²) >= 11 is 6.51. The molecular formula is C36H42ClF2N7O2. The van der Waals surface area contributed by atoms with Crippen molar-refractivity contribution < 1.29 is 18.3 Å². The van der Waals surface area contributed by atoms with Gasteiger partial charge in [-0.25, -0.2) is 8.78 Å². The van der Waals surface area contributed by atoms with Gasteiger partial charge < -0.3 is 19.4 Å². The summed E-state index contributed by atoms with van der Waals surface area (Å²) in [5.74, 6) is -1.25. The van der Waals surface area contributed by atoms with Gasteiger partial charge in [0.05, 0.1) is 28.9 Å². The quantitative estimate of drug-likeness (QED) is 0.282. The monoisotopic (exact) mass is 677 g/mol. The largest absolute Gasteiger partial charge is 0.461 e. The van der Waals surface area contributed by atoms with Crippen molar-refractivity contribution in [2.24, 2.45) is 5.41 Å². The van der Waals surface area contributed by atoms with Gasteiger partial charge in [0.15, 0.2) is 5.83 Å². The zero-order valence-corrected chi connectivity index (χ0v) is 28.6. The SMILES string of the molecule is C=C(F)C(=O)N1CCN(c2nc(OCC34CCCN3CC(C)(C)C4)nc3c2CCN(c2cccc4ccc(F)c(Cl)c24)C3)CC1.CC#N. The summed E-state index contributed by atoms with van der Waals surface area (Å²) in [6.07, 6.45) is 3.99. The molecule has 9 nitrogen and oxygen atoms in total. The number of hydrogen-bond donors (Lipinski definition) is 0. The molecule has 0 radical (unpaired) electrons. The first kappa shape index (κ1) is 33.9. The number of nitriles is 1. The van der Waals surface area contributed by atoms with Crippen LogP contribution < -0.4 is 14.5 Å². The molecule has 4 aliphatic rings. The van der Waals surface area contributed by atoms with Gasteiger partial charge in [0.1, 0.15) is 18.2 Å². The van der Waals surface area contributed by atoms with Crippen LogP contribution in [0.5, 0.6) is 6.01 Å². The van der Waals surface area contributed by atoms with Crippen molar-refractivity contribution in [2.75, 3.05) is 62.2 Å². The highest BCUT2D eigenvalue weighted by Gasteiger charge is 2.52. The molecule has 0 aliphatic carbocycles. The molecule has 5 heterocycles. The number of piperazine rings is 1. The first-order chi connectivity index (χ1) is 22.9. The molecule has 1 unspecified atom stereocenters. The van der Waals surface area contributed by atoms with Crippen molar-refractivity contribution in [1.82, 2.24) is 19.8 Å². The van der Waals surface area contributed by atoms with E-state index in [1.165, 1.54) is 17.9 Å². The standard InChI is InChI=1S/C34H39ClF2N6O2.C2H3N/c1-22(36)31(44)41-16-14-40(15-17-41)30-24-10-13-42(27-7-4-6-23-8-9-25(37)29(35)28(23)27)18-26(24)38-32(39-30)45-21-34-11-5-12-43(34)20-33(2,3)19-34;1-2-3/h4,6-9H,1,5,10-21H2,2-3H3;1H3. The Kier molecular flexibility index (Phi) is 9.51. The fourth-order valence-corrected chi connectivity index (χ4v) is 8.35. The smallest absolute Gasteiger partial charge is 0.318 e. The van der Waals surface area contributed by atoms with Crippen LogP contribution in [0.4, 0.5) is 20.3 Å². The summed E-state index contributed by atoms with van der Waals surface area (Å²) < 4.78 is 34.7. The zero-order valence-electron chi connectivity index (χ0n) is 27.9. The van der Waals surface area contributed by atoms with E-state index in [9.17, 15) is 13.6 Å². The third kappa shape index (κ3) is 6.52. The van der Waals surface area contributed by atoms with Gasteiger partial charge in [0.2, 0.25) is 0 Å². The maximum absolute atomic E-state index is 14.6. The molecule has 3 saturated heterocycles. The number of fused-ring (bicyclic) bond motifs is 3. The molecule has 3 aromatic rings. The Morgan fingerprint density at radius 2 is 1.85 bits per heavy atom. The molecule has 0 saturated carbocycles. The number of benzene rings is 2. The maximum Gasteiger partial charge on any atom is 0.318 e. The number of carbonyl (C=O) groups is 1. The first-order valence-electron chi connectivity index (χ1n) is 16.5. The summed E-state index contributed by atoms with van der Waals surface area (Å²) in [7, 11) is 0. The number of carbonyl (C=O) groups excluding carboxylic acids is 1. The van der Waals surface area contributed by atoms with Crippen molar-refractivity contribution in [1.29, 1.82) is 5.26 Å². The molecule has 3 fully saturated rings. The second-order valence-electron chi connectivity index (χ2n) is 14.0. The van der Waals surface area contributed by atoms with Gasteiger partial charge in [-0.15, -0.1) is 0 Å². The molecule has 1 amide bonds. The molecular weight excluding hydrogens is 636 g/mol. The predicted octanol–water partition coefficient (Wildman–Crippen LogP) is 6.29. The zero-order chi connectivity index (χ0) is 34.2. The number of ether oxygens (including phenoxy) is 1. The summed E-state index contributed by atoms with van der Waals surface area (Å²) in [5, 5.41) is 9.00. The van der Waals surface area contributed by atoms with Crippen molar-refractivity contribution in [3.8, 4) is 12.1 Å². The predicted molar refractivity (Wildman–Crippen MR) is 183 cm³/mol. The Bertz CT molecular complexity index is 1770. The second-order valence-corrected chi connectivity index (χ2v) is 14.3. The van der Waals surface area contributed by atoms with E-state index in [0.29, 0.717) is 63.7 Å². The molecule has 48 heavy (non-hydrogen) atoms. The molecule has 7 rings (SSSR count). The topological polar surface area (TPSA) is 88.8 Å². The Labute approximate surface area is 285 Å². The lowest BCUT2D eigenvalue weighted by Gasteiger charge is -2.38. The molecule has 2 aromatic carbocycles. The van der Waals surface area contributed by atoms with Crippen LogP contribution >= 0.6 is 11.6 Å². The number of aromatic nitrogens is 2. The minimum atomic E-state index is -0.942. The van der Waals surface area contributed by atoms with Gasteiger partial charge >= 0.3 is 6.01 Å². The molecule has 0 bridgehead atoms. The minimum Gasteiger partial charge on any atom is -0.461 e. The van der Waals surface area contributed by atoms with Crippen molar-refractivity contribution in [3.05, 3.63) is 64.8 Å². The Hall–Kier alpha value is -4.01. The number of halogens is 3. The van der Waals surface area contributed by atoms with Crippen LogP contribution in [0, 0.1) is 22.6 Å². The van der Waals surface area contributed by atoms with Crippen LogP contribution in [0.15, 0.2) is 42.7 Å². The summed E-state index contributed by atoms with van der Waals surface area (Å²) in [5.41, 5.74) is 2.97. The van der Waals surface area contributed by atoms with Gasteiger partial charge in [-0.1, -0.05) is 50.2 Å². The number of amides is 1. The molecule has 4 aliphatic heterocycles. The van der Waals surface area contributed by atoms with Crippen molar-refractivity contribution in [2.45, 2.75) is 58.5 Å². The summed E-state index contributed by atoms with van der Waals surface area (Å²) in [6.45, 7) is 14.8. The number of anilines is 2. The van der Waals surface area contributed by atoms with Crippen molar-refractivity contribution in [3.63, 3.8) is 0 Å². The lowest BCUT2D eigenvalue weighted by molar-refractivity contribution is -0.128. The molecule has 0 N–H and O–H groups in total. The van der Waals surface area contributed by atoms with E-state index in [-0.39, 0.29) is 16.0 Å². The van der Waals surface area contributed by atoms with Crippen LogP contribution in [-0.4, -0.2) is 83.6 Å². The Morgan fingerprint density at radius 3 is 2.58 bits per heavy atom. The van der Waals surface area contributed by atoms with Crippen LogP contribution in [0.2, 0.25) is 5.02 Å². The van der Waals surface area contributed by atoms with E-state index in [1.54, 1.807) is 12.1 Å². The molecule has 0 spiro atoms. The Morgan fingerprint density at radius 1 is 1.10 bits per heavy atom. The average molecular weight is 678 g/mol. The average Bonchev–Trinajstić information content (AvgIpc) is 3.56. The number of hydrogen-bond acceptors (Lipinski definition) is 8. The van der Waals surface area contributed by atoms with E-state index in [1.807, 2.05) is 18.2 Å². The van der Waals surface area contributed by atoms with E-state index < -0.39 is 17.6 Å². The number of rotatable bonds is 6. The van der Waals surface area contributed by atoms with Gasteiger partial charge in [0, 0.05) is 62.8 Å². The third-order valence-electron chi connectivity index (χ3n) is 10.0. The second kappa shape index (κ2) is 13.5. The highest BCUT2D eigenvalue weighted by atomic mass is 35.5. The van der Waals surface area contributed by atoms with Crippen LogP contribution in [0.1, 0.15) is 51.3 Å². The first-order valence-corrected chi connectivity index (χ1v) is 16.9. The van der Waals surface area contributed by atoms with Crippen LogP contribution in [-0.2, 0) is 17.8 Å². The fourth-order valence-electron chi connectivity index (χ4n) is 8.09. The third-order valence-corrected chi connectivity index (χ3v) is 10.4. The maximum atomic E-state index is 14.6. The lowest BCUT2D eigenvalue weighted by atomic mass is 9.83. The van der Waals surface area contributed by atoms with Gasteiger partial charge in [-0.2, -0.15) is 15.2 Å².